The van der Waals surface area contributed by atoms with Gasteiger partial charge in [0.25, 0.3) is 15.8 Å². The first-order valence-corrected chi connectivity index (χ1v) is 7.97. The summed E-state index contributed by atoms with van der Waals surface area (Å²) in [5.41, 5.74) is 0.722. The van der Waals surface area contributed by atoms with E-state index in [0.29, 0.717) is 0 Å². The Hall–Kier alpha value is -2.80. The van der Waals surface area contributed by atoms with E-state index in [1.165, 1.54) is 19.1 Å². The molecular formula is C13H12FN3O7S. The minimum Gasteiger partial charge on any atom is -0.350 e. The Morgan fingerprint density at radius 3 is 2.48 bits per heavy atom. The van der Waals surface area contributed by atoms with Crippen molar-refractivity contribution in [3.05, 3.63) is 51.8 Å². The lowest BCUT2D eigenvalue weighted by atomic mass is 10.2. The monoisotopic (exact) mass is 373 g/mol. The largest absolute Gasteiger partial charge is 0.350 e. The normalized spacial score (nSPS) is 11.2. The zero-order valence-corrected chi connectivity index (χ0v) is 13.4. The molecule has 2 aromatic carbocycles. The first-order valence-electron chi connectivity index (χ1n) is 6.53. The van der Waals surface area contributed by atoms with Gasteiger partial charge in [0.15, 0.2) is 5.82 Å². The third-order valence-electron chi connectivity index (χ3n) is 3.18. The number of nitrogens with zero attached hydrogens (tertiary/aromatic N) is 1. The Morgan fingerprint density at radius 1 is 1.24 bits per heavy atom. The van der Waals surface area contributed by atoms with Gasteiger partial charge in [-0.15, -0.1) is 4.99 Å². The van der Waals surface area contributed by atoms with Crippen molar-refractivity contribution in [2.45, 2.75) is 11.8 Å². The Kier molecular flexibility index (Phi) is 5.18. The van der Waals surface area contributed by atoms with Crippen LogP contribution in [0.4, 0.5) is 27.1 Å². The molecule has 0 aliphatic rings. The van der Waals surface area contributed by atoms with Crippen molar-refractivity contribution in [3.8, 4) is 0 Å². The summed E-state index contributed by atoms with van der Waals surface area (Å²) < 4.78 is 45.7. The van der Waals surface area contributed by atoms with Crippen molar-refractivity contribution in [3.63, 3.8) is 0 Å². The van der Waals surface area contributed by atoms with E-state index in [-0.39, 0.29) is 16.9 Å². The summed E-state index contributed by atoms with van der Waals surface area (Å²) in [5.74, 6) is -0.982. The van der Waals surface area contributed by atoms with Crippen LogP contribution < -0.4 is 10.8 Å². The molecule has 2 rings (SSSR count). The van der Waals surface area contributed by atoms with E-state index in [2.05, 4.69) is 10.3 Å². The number of halogens is 1. The fraction of sp³-hybridized carbons (Fsp3) is 0.0769. The lowest BCUT2D eigenvalue weighted by Crippen LogP contribution is -2.05. The van der Waals surface area contributed by atoms with Gasteiger partial charge in [0.2, 0.25) is 0 Å². The van der Waals surface area contributed by atoms with Crippen LogP contribution >= 0.6 is 0 Å². The number of nitrogens with one attached hydrogen (secondary N) is 2. The van der Waals surface area contributed by atoms with Gasteiger partial charge in [-0.25, -0.2) is 15.1 Å². The van der Waals surface area contributed by atoms with Crippen LogP contribution in [0.1, 0.15) is 5.56 Å². The predicted molar refractivity (Wildman–Crippen MR) is 84.7 cm³/mol. The summed E-state index contributed by atoms with van der Waals surface area (Å²) in [6, 6.07) is 5.34. The maximum absolute atomic E-state index is 13.9. The first-order chi connectivity index (χ1) is 11.6. The van der Waals surface area contributed by atoms with Gasteiger partial charge in [0, 0.05) is 17.8 Å². The van der Waals surface area contributed by atoms with Crippen LogP contribution in [0.5, 0.6) is 0 Å². The molecule has 0 spiro atoms. The van der Waals surface area contributed by atoms with E-state index >= 15 is 0 Å². The highest BCUT2D eigenvalue weighted by Crippen LogP contribution is 2.33. The van der Waals surface area contributed by atoms with E-state index in [0.717, 1.165) is 18.2 Å². The molecule has 12 heteroatoms. The highest BCUT2D eigenvalue weighted by atomic mass is 32.2. The molecule has 0 atom stereocenters. The van der Waals surface area contributed by atoms with E-state index in [1.54, 1.807) is 5.48 Å². The second-order valence-corrected chi connectivity index (χ2v) is 6.27. The van der Waals surface area contributed by atoms with Crippen LogP contribution in [-0.2, 0) is 15.1 Å². The van der Waals surface area contributed by atoms with Crippen LogP contribution in [0.25, 0.3) is 0 Å². The van der Waals surface area contributed by atoms with E-state index < -0.39 is 37.1 Å². The molecule has 0 amide bonds. The number of aryl methyl sites for hydroxylation is 1. The summed E-state index contributed by atoms with van der Waals surface area (Å²) in [6.45, 7) is 1.45. The van der Waals surface area contributed by atoms with Crippen LogP contribution in [0.3, 0.4) is 0 Å². The molecule has 0 aliphatic carbocycles. The number of hydrogen-bond donors (Lipinski definition) is 4. The fourth-order valence-electron chi connectivity index (χ4n) is 2.05. The standard InChI is InChI=1S/C13H12FN3O7S/c1-7-2-3-8(4-13(7)25(21,22)23)15-11-5-9(14)10(16-24-20)6-12(11)17(18)19/h2-6,15-16,20H,1H3,(H,21,22,23). The van der Waals surface area contributed by atoms with Gasteiger partial charge < -0.3 is 5.32 Å². The third kappa shape index (κ3) is 4.19. The molecule has 0 saturated heterocycles. The molecule has 4 N–H and O–H groups in total. The van der Waals surface area contributed by atoms with Crippen molar-refractivity contribution in [2.75, 3.05) is 10.8 Å². The molecule has 0 aromatic heterocycles. The Bertz CT molecular complexity index is 933. The zero-order valence-electron chi connectivity index (χ0n) is 12.6. The molecule has 0 saturated carbocycles. The molecule has 0 unspecified atom stereocenters. The minimum atomic E-state index is -4.50. The van der Waals surface area contributed by atoms with Gasteiger partial charge in [-0.2, -0.15) is 8.42 Å². The van der Waals surface area contributed by atoms with Crippen molar-refractivity contribution in [1.82, 2.24) is 0 Å². The first kappa shape index (κ1) is 18.5. The summed E-state index contributed by atoms with van der Waals surface area (Å²) in [6.07, 6.45) is 0. The molecule has 0 heterocycles. The lowest BCUT2D eigenvalue weighted by Gasteiger charge is -2.11. The lowest BCUT2D eigenvalue weighted by molar-refractivity contribution is -0.383. The van der Waals surface area contributed by atoms with Gasteiger partial charge in [-0.1, -0.05) is 6.07 Å². The third-order valence-corrected chi connectivity index (χ3v) is 4.18. The highest BCUT2D eigenvalue weighted by molar-refractivity contribution is 7.85. The molecular weight excluding hydrogens is 361 g/mol. The van der Waals surface area contributed by atoms with Crippen LogP contribution in [0, 0.1) is 22.9 Å². The van der Waals surface area contributed by atoms with E-state index in [9.17, 15) is 27.5 Å². The zero-order chi connectivity index (χ0) is 18.8. The summed E-state index contributed by atoms with van der Waals surface area (Å²) >= 11 is 0. The number of benzene rings is 2. The second kappa shape index (κ2) is 6.98. The summed E-state index contributed by atoms with van der Waals surface area (Å²) in [5, 5.41) is 21.9. The molecule has 0 fully saturated rings. The predicted octanol–water partition coefficient (Wildman–Crippen LogP) is 2.85. The minimum absolute atomic E-state index is 0.0693. The Labute approximate surface area is 140 Å². The van der Waals surface area contributed by atoms with Gasteiger partial charge in [0.1, 0.15) is 11.4 Å². The van der Waals surface area contributed by atoms with Crippen molar-refractivity contribution in [1.29, 1.82) is 0 Å². The molecule has 134 valence electrons. The molecule has 0 bridgehead atoms. The summed E-state index contributed by atoms with van der Waals surface area (Å²) in [7, 11) is -4.50. The van der Waals surface area contributed by atoms with Crippen molar-refractivity contribution >= 4 is 32.9 Å². The molecule has 10 nitrogen and oxygen atoms in total. The van der Waals surface area contributed by atoms with Crippen LogP contribution in [0.2, 0.25) is 0 Å². The number of nitro benzene ring substituents is 1. The van der Waals surface area contributed by atoms with E-state index in [1.807, 2.05) is 0 Å². The van der Waals surface area contributed by atoms with Gasteiger partial charge in [-0.05, 0) is 24.6 Å². The molecule has 0 aliphatic heterocycles. The van der Waals surface area contributed by atoms with Gasteiger partial charge in [-0.3, -0.25) is 14.7 Å². The van der Waals surface area contributed by atoms with Gasteiger partial charge in [0.05, 0.1) is 9.82 Å². The molecule has 0 radical (unpaired) electrons. The second-order valence-electron chi connectivity index (χ2n) is 4.88. The average molecular weight is 373 g/mol. The van der Waals surface area contributed by atoms with Crippen LogP contribution in [0.15, 0.2) is 35.2 Å². The number of anilines is 3. The van der Waals surface area contributed by atoms with Gasteiger partial charge >= 0.3 is 0 Å². The van der Waals surface area contributed by atoms with E-state index in [4.69, 9.17) is 5.26 Å². The van der Waals surface area contributed by atoms with Crippen molar-refractivity contribution in [2.24, 2.45) is 0 Å². The maximum atomic E-state index is 13.9. The smallest absolute Gasteiger partial charge is 0.295 e. The Balaban J connectivity index is 2.50. The summed E-state index contributed by atoms with van der Waals surface area (Å²) in [4.78, 5) is 13.5. The number of rotatable bonds is 6. The number of nitro groups is 1. The average Bonchev–Trinajstić information content (AvgIpc) is 2.50. The van der Waals surface area contributed by atoms with Crippen molar-refractivity contribution < 1.29 is 32.5 Å². The molecule has 25 heavy (non-hydrogen) atoms. The maximum Gasteiger partial charge on any atom is 0.295 e. The fourth-order valence-corrected chi connectivity index (χ4v) is 2.80. The number of hydrogen-bond acceptors (Lipinski definition) is 8. The molecule has 2 aromatic rings. The Morgan fingerprint density at radius 2 is 1.92 bits per heavy atom. The SMILES string of the molecule is Cc1ccc(Nc2cc(F)c(NOO)cc2[N+](=O)[O-])cc1S(=O)(=O)O. The topological polar surface area (TPSA) is 151 Å². The highest BCUT2D eigenvalue weighted by Gasteiger charge is 2.20. The van der Waals surface area contributed by atoms with Crippen LogP contribution in [-0.4, -0.2) is 23.2 Å². The quantitative estimate of drug-likeness (QED) is 0.259.